The molecule has 1 N–H and O–H groups in total. The molecule has 2 aliphatic rings. The van der Waals surface area contributed by atoms with Crippen LogP contribution in [0, 0.1) is 0 Å². The molecule has 0 amide bonds. The van der Waals surface area contributed by atoms with Crippen LogP contribution in [0.3, 0.4) is 0 Å². The third kappa shape index (κ3) is 2.95. The first-order valence-electron chi connectivity index (χ1n) is 6.93. The number of carboxylic acids is 1. The minimum atomic E-state index is -0.667. The Morgan fingerprint density at radius 2 is 2.26 bits per heavy atom. The zero-order valence-corrected chi connectivity index (χ0v) is 11.7. The van der Waals surface area contributed by atoms with Crippen molar-refractivity contribution < 1.29 is 9.90 Å². The predicted molar refractivity (Wildman–Crippen MR) is 76.6 cm³/mol. The van der Waals surface area contributed by atoms with Crippen LogP contribution in [-0.2, 0) is 11.2 Å². The van der Waals surface area contributed by atoms with Gasteiger partial charge in [-0.2, -0.15) is 0 Å². The van der Waals surface area contributed by atoms with Crippen LogP contribution in [0.2, 0.25) is 0 Å². The summed E-state index contributed by atoms with van der Waals surface area (Å²) in [5.41, 5.74) is 1.45. The number of rotatable bonds is 4. The Morgan fingerprint density at radius 1 is 1.42 bits per heavy atom. The lowest BCUT2D eigenvalue weighted by Crippen LogP contribution is -2.36. The fourth-order valence-corrected chi connectivity index (χ4v) is 4.53. The quantitative estimate of drug-likeness (QED) is 0.918. The molecule has 2 atom stereocenters. The second kappa shape index (κ2) is 5.55. The number of carboxylic acid groups (broad SMARTS) is 1. The minimum absolute atomic E-state index is 0.252. The molecule has 1 fully saturated rings. The van der Waals surface area contributed by atoms with Gasteiger partial charge >= 0.3 is 5.97 Å². The van der Waals surface area contributed by atoms with Crippen molar-refractivity contribution in [1.82, 2.24) is 4.90 Å². The monoisotopic (exact) mass is 277 g/mol. The zero-order valence-electron chi connectivity index (χ0n) is 10.9. The van der Waals surface area contributed by atoms with Gasteiger partial charge in [-0.15, -0.1) is 11.8 Å². The second-order valence-electron chi connectivity index (χ2n) is 5.44. The number of fused-ring (bicyclic) bond motifs is 1. The van der Waals surface area contributed by atoms with Crippen molar-refractivity contribution in [2.45, 2.75) is 41.9 Å². The molecule has 1 aromatic rings. The standard InChI is InChI=1S/C15H19NO2S/c17-15(18)9-12-5-3-7-16(12)10-13-8-11-4-1-2-6-14(11)19-13/h1-2,4,6,12-13H,3,5,7-10H2,(H,17,18). The molecule has 0 radical (unpaired) electrons. The minimum Gasteiger partial charge on any atom is -0.481 e. The molecule has 1 aromatic carbocycles. The molecule has 2 aliphatic heterocycles. The van der Waals surface area contributed by atoms with E-state index in [-0.39, 0.29) is 6.04 Å². The average molecular weight is 277 g/mol. The van der Waals surface area contributed by atoms with Crippen LogP contribution in [0.1, 0.15) is 24.8 Å². The van der Waals surface area contributed by atoms with Crippen LogP contribution in [-0.4, -0.2) is 40.4 Å². The highest BCUT2D eigenvalue weighted by atomic mass is 32.2. The summed E-state index contributed by atoms with van der Waals surface area (Å²) in [5, 5.41) is 9.55. The first kappa shape index (κ1) is 13.0. The van der Waals surface area contributed by atoms with Crippen LogP contribution < -0.4 is 0 Å². The fourth-order valence-electron chi connectivity index (χ4n) is 3.19. The van der Waals surface area contributed by atoms with Crippen LogP contribution in [0.4, 0.5) is 0 Å². The first-order valence-corrected chi connectivity index (χ1v) is 7.81. The zero-order chi connectivity index (χ0) is 13.2. The molecule has 2 unspecified atom stereocenters. The Hall–Kier alpha value is -1.00. The fraction of sp³-hybridized carbons (Fsp3) is 0.533. The topological polar surface area (TPSA) is 40.5 Å². The summed E-state index contributed by atoms with van der Waals surface area (Å²) in [6.45, 7) is 2.09. The van der Waals surface area contributed by atoms with Crippen molar-refractivity contribution in [3.05, 3.63) is 29.8 Å². The molecule has 0 aromatic heterocycles. The van der Waals surface area contributed by atoms with E-state index in [4.69, 9.17) is 5.11 Å². The number of aliphatic carboxylic acids is 1. The molecule has 0 bridgehead atoms. The lowest BCUT2D eigenvalue weighted by Gasteiger charge is -2.25. The summed E-state index contributed by atoms with van der Waals surface area (Å²) in [6, 6.07) is 8.85. The van der Waals surface area contributed by atoms with Gasteiger partial charge in [0.2, 0.25) is 0 Å². The average Bonchev–Trinajstić information content (AvgIpc) is 2.95. The van der Waals surface area contributed by atoms with E-state index < -0.39 is 5.97 Å². The lowest BCUT2D eigenvalue weighted by molar-refractivity contribution is -0.138. The van der Waals surface area contributed by atoms with Gasteiger partial charge in [0.15, 0.2) is 0 Å². The number of thioether (sulfide) groups is 1. The highest BCUT2D eigenvalue weighted by molar-refractivity contribution is 8.00. The maximum absolute atomic E-state index is 10.9. The molecule has 4 heteroatoms. The summed E-state index contributed by atoms with van der Waals surface area (Å²) < 4.78 is 0. The van der Waals surface area contributed by atoms with Crippen LogP contribution in [0.15, 0.2) is 29.2 Å². The first-order chi connectivity index (χ1) is 9.22. The van der Waals surface area contributed by atoms with Gasteiger partial charge in [0.25, 0.3) is 0 Å². The molecule has 0 aliphatic carbocycles. The van der Waals surface area contributed by atoms with Crippen molar-refractivity contribution in [3.63, 3.8) is 0 Å². The molecule has 0 spiro atoms. The Bertz CT molecular complexity index is 452. The van der Waals surface area contributed by atoms with Crippen molar-refractivity contribution in [2.75, 3.05) is 13.1 Å². The predicted octanol–water partition coefficient (Wildman–Crippen LogP) is 2.64. The van der Waals surface area contributed by atoms with E-state index in [1.807, 2.05) is 11.8 Å². The van der Waals surface area contributed by atoms with E-state index in [1.54, 1.807) is 0 Å². The molecule has 102 valence electrons. The van der Waals surface area contributed by atoms with Crippen molar-refractivity contribution in [1.29, 1.82) is 0 Å². The van der Waals surface area contributed by atoms with Crippen LogP contribution in [0.5, 0.6) is 0 Å². The van der Waals surface area contributed by atoms with Gasteiger partial charge < -0.3 is 5.11 Å². The van der Waals surface area contributed by atoms with E-state index >= 15 is 0 Å². The van der Waals surface area contributed by atoms with Crippen LogP contribution in [0.25, 0.3) is 0 Å². The van der Waals surface area contributed by atoms with Crippen molar-refractivity contribution in [2.24, 2.45) is 0 Å². The van der Waals surface area contributed by atoms with E-state index in [0.717, 1.165) is 32.4 Å². The molecule has 1 saturated heterocycles. The van der Waals surface area contributed by atoms with Gasteiger partial charge in [-0.1, -0.05) is 18.2 Å². The molecular formula is C15H19NO2S. The van der Waals surface area contributed by atoms with Crippen LogP contribution >= 0.6 is 11.8 Å². The highest BCUT2D eigenvalue weighted by Crippen LogP contribution is 2.38. The highest BCUT2D eigenvalue weighted by Gasteiger charge is 2.31. The maximum Gasteiger partial charge on any atom is 0.304 e. The van der Waals surface area contributed by atoms with E-state index in [0.29, 0.717) is 11.7 Å². The number of likely N-dealkylation sites (tertiary alicyclic amines) is 1. The second-order valence-corrected chi connectivity index (χ2v) is 6.78. The largest absolute Gasteiger partial charge is 0.481 e. The number of nitrogens with zero attached hydrogens (tertiary/aromatic N) is 1. The van der Waals surface area contributed by atoms with E-state index in [2.05, 4.69) is 29.2 Å². The normalized spacial score (nSPS) is 26.5. The Labute approximate surface area is 118 Å². The Morgan fingerprint density at radius 3 is 3.05 bits per heavy atom. The van der Waals surface area contributed by atoms with E-state index in [1.165, 1.54) is 10.5 Å². The number of hydrogen-bond acceptors (Lipinski definition) is 3. The molecule has 3 nitrogen and oxygen atoms in total. The summed E-state index contributed by atoms with van der Waals surface area (Å²) in [4.78, 5) is 14.7. The number of carbonyl (C=O) groups is 1. The molecule has 2 heterocycles. The van der Waals surface area contributed by atoms with E-state index in [9.17, 15) is 4.79 Å². The van der Waals surface area contributed by atoms with Crippen molar-refractivity contribution >= 4 is 17.7 Å². The summed E-state index contributed by atoms with van der Waals surface area (Å²) >= 11 is 1.95. The van der Waals surface area contributed by atoms with Gasteiger partial charge in [0.05, 0.1) is 6.42 Å². The molecular weight excluding hydrogens is 258 g/mol. The van der Waals surface area contributed by atoms with Gasteiger partial charge in [0, 0.05) is 22.7 Å². The molecule has 19 heavy (non-hydrogen) atoms. The third-order valence-electron chi connectivity index (χ3n) is 4.06. The molecule has 0 saturated carbocycles. The summed E-state index contributed by atoms with van der Waals surface area (Å²) in [7, 11) is 0. The van der Waals surface area contributed by atoms with Gasteiger partial charge in [-0.3, -0.25) is 9.69 Å². The SMILES string of the molecule is O=C(O)CC1CCCN1CC1Cc2ccccc2S1. The Balaban J connectivity index is 1.59. The summed E-state index contributed by atoms with van der Waals surface area (Å²) in [6.07, 6.45) is 3.60. The smallest absolute Gasteiger partial charge is 0.304 e. The Kier molecular flexibility index (Phi) is 3.80. The van der Waals surface area contributed by atoms with Gasteiger partial charge in [-0.25, -0.2) is 0 Å². The molecule has 3 rings (SSSR count). The van der Waals surface area contributed by atoms with Gasteiger partial charge in [-0.05, 0) is 37.4 Å². The maximum atomic E-state index is 10.9. The summed E-state index contributed by atoms with van der Waals surface area (Å²) in [5.74, 6) is -0.667. The number of benzene rings is 1. The lowest BCUT2D eigenvalue weighted by atomic mass is 10.1. The number of hydrogen-bond donors (Lipinski definition) is 1. The van der Waals surface area contributed by atoms with Gasteiger partial charge in [0.1, 0.15) is 0 Å². The third-order valence-corrected chi connectivity index (χ3v) is 5.36. The van der Waals surface area contributed by atoms with Crippen molar-refractivity contribution in [3.8, 4) is 0 Å².